The summed E-state index contributed by atoms with van der Waals surface area (Å²) in [5.74, 6) is 5.87. The van der Waals surface area contributed by atoms with E-state index in [-0.39, 0.29) is 11.5 Å². The van der Waals surface area contributed by atoms with Crippen LogP contribution in [0.15, 0.2) is 28.7 Å². The second kappa shape index (κ2) is 6.06. The van der Waals surface area contributed by atoms with E-state index in [4.69, 9.17) is 5.84 Å². The summed E-state index contributed by atoms with van der Waals surface area (Å²) in [4.78, 5) is 14.6. The fraction of sp³-hybridized carbons (Fsp3) is 0.154. The van der Waals surface area contributed by atoms with E-state index in [1.807, 2.05) is 26.0 Å². The van der Waals surface area contributed by atoms with Gasteiger partial charge in [-0.15, -0.1) is 0 Å². The Morgan fingerprint density at radius 3 is 2.29 bits per heavy atom. The van der Waals surface area contributed by atoms with Gasteiger partial charge in [0.1, 0.15) is 11.6 Å². The molecule has 1 aromatic heterocycles. The molecule has 0 saturated carbocycles. The molecule has 7 nitrogen and oxygen atoms in total. The Kier molecular flexibility index (Phi) is 4.39. The maximum Gasteiger partial charge on any atom is 0.276 e. The van der Waals surface area contributed by atoms with Crippen molar-refractivity contribution in [3.63, 3.8) is 0 Å². The lowest BCUT2D eigenvalue weighted by Gasteiger charge is -2.13. The van der Waals surface area contributed by atoms with Gasteiger partial charge in [0, 0.05) is 10.2 Å². The summed E-state index contributed by atoms with van der Waals surface area (Å²) in [5.41, 5.74) is 5.08. The molecule has 0 amide bonds. The van der Waals surface area contributed by atoms with Crippen molar-refractivity contribution in [3.05, 3.63) is 50.0 Å². The summed E-state index contributed by atoms with van der Waals surface area (Å²) in [6.45, 7) is 3.89. The number of rotatable bonds is 4. The third kappa shape index (κ3) is 3.47. The summed E-state index contributed by atoms with van der Waals surface area (Å²) in [6.07, 6.45) is 0. The molecule has 0 bridgehead atoms. The van der Waals surface area contributed by atoms with Crippen LogP contribution in [-0.2, 0) is 0 Å². The average Bonchev–Trinajstić information content (AvgIpc) is 2.42. The zero-order valence-electron chi connectivity index (χ0n) is 11.5. The van der Waals surface area contributed by atoms with E-state index in [0.29, 0.717) is 5.82 Å². The first kappa shape index (κ1) is 15.2. The van der Waals surface area contributed by atoms with Crippen molar-refractivity contribution in [3.8, 4) is 0 Å². The Labute approximate surface area is 129 Å². The summed E-state index contributed by atoms with van der Waals surface area (Å²) in [5, 5.41) is 14.0. The fourth-order valence-corrected chi connectivity index (χ4v) is 2.68. The van der Waals surface area contributed by atoms with Gasteiger partial charge in [0.15, 0.2) is 0 Å². The lowest BCUT2D eigenvalue weighted by atomic mass is 10.1. The number of aromatic nitrogens is 1. The van der Waals surface area contributed by atoms with E-state index in [9.17, 15) is 10.1 Å². The molecular weight excluding hydrogens is 338 g/mol. The van der Waals surface area contributed by atoms with Crippen LogP contribution < -0.4 is 16.6 Å². The van der Waals surface area contributed by atoms with Crippen LogP contribution in [0.2, 0.25) is 0 Å². The fourth-order valence-electron chi connectivity index (χ4n) is 2.00. The number of anilines is 3. The number of pyridine rings is 1. The van der Waals surface area contributed by atoms with Crippen molar-refractivity contribution in [1.82, 2.24) is 4.98 Å². The zero-order chi connectivity index (χ0) is 15.6. The number of aryl methyl sites for hydroxylation is 2. The van der Waals surface area contributed by atoms with Crippen molar-refractivity contribution >= 4 is 38.9 Å². The molecule has 0 saturated heterocycles. The minimum absolute atomic E-state index is 0.0899. The van der Waals surface area contributed by atoms with E-state index in [2.05, 4.69) is 31.7 Å². The first-order valence-corrected chi connectivity index (χ1v) is 6.87. The van der Waals surface area contributed by atoms with Gasteiger partial charge < -0.3 is 10.7 Å². The molecule has 0 spiro atoms. The lowest BCUT2D eigenvalue weighted by molar-refractivity contribution is -0.384. The SMILES string of the molecule is Cc1cc(Br)cc(C)c1Nc1cc([N+](=O)[O-])cc(NN)n1. The van der Waals surface area contributed by atoms with Crippen molar-refractivity contribution in [1.29, 1.82) is 0 Å². The number of benzene rings is 1. The highest BCUT2D eigenvalue weighted by molar-refractivity contribution is 9.10. The quantitative estimate of drug-likeness (QED) is 0.442. The Bertz CT molecular complexity index is 682. The van der Waals surface area contributed by atoms with Crippen molar-refractivity contribution in [2.24, 2.45) is 5.84 Å². The van der Waals surface area contributed by atoms with E-state index < -0.39 is 4.92 Å². The van der Waals surface area contributed by atoms with Gasteiger partial charge in [-0.1, -0.05) is 15.9 Å². The van der Waals surface area contributed by atoms with Crippen LogP contribution in [0.5, 0.6) is 0 Å². The van der Waals surface area contributed by atoms with Crippen LogP contribution in [0, 0.1) is 24.0 Å². The third-order valence-corrected chi connectivity index (χ3v) is 3.38. The number of nitrogens with zero attached hydrogens (tertiary/aromatic N) is 2. The number of nitrogens with two attached hydrogens (primary N) is 1. The zero-order valence-corrected chi connectivity index (χ0v) is 13.1. The molecule has 0 radical (unpaired) electrons. The first-order valence-electron chi connectivity index (χ1n) is 6.07. The minimum Gasteiger partial charge on any atom is -0.340 e. The van der Waals surface area contributed by atoms with Crippen LogP contribution in [-0.4, -0.2) is 9.91 Å². The summed E-state index contributed by atoms with van der Waals surface area (Å²) < 4.78 is 0.972. The number of hydrogen-bond donors (Lipinski definition) is 3. The highest BCUT2D eigenvalue weighted by Gasteiger charge is 2.12. The highest BCUT2D eigenvalue weighted by Crippen LogP contribution is 2.29. The molecule has 0 aliphatic carbocycles. The number of nitrogens with one attached hydrogen (secondary N) is 2. The van der Waals surface area contributed by atoms with Crippen LogP contribution >= 0.6 is 15.9 Å². The maximum absolute atomic E-state index is 10.9. The number of halogens is 1. The van der Waals surface area contributed by atoms with Crippen LogP contribution in [0.4, 0.5) is 23.0 Å². The van der Waals surface area contributed by atoms with Crippen molar-refractivity contribution < 1.29 is 4.92 Å². The highest BCUT2D eigenvalue weighted by atomic mass is 79.9. The molecule has 0 aliphatic rings. The van der Waals surface area contributed by atoms with Crippen molar-refractivity contribution in [2.75, 3.05) is 10.7 Å². The second-order valence-corrected chi connectivity index (χ2v) is 5.45. The molecule has 0 unspecified atom stereocenters. The Morgan fingerprint density at radius 2 is 1.76 bits per heavy atom. The molecule has 21 heavy (non-hydrogen) atoms. The van der Waals surface area contributed by atoms with Gasteiger partial charge in [-0.2, -0.15) is 0 Å². The smallest absolute Gasteiger partial charge is 0.276 e. The molecule has 1 aromatic carbocycles. The van der Waals surface area contributed by atoms with Gasteiger partial charge in [-0.3, -0.25) is 10.1 Å². The van der Waals surface area contributed by atoms with Crippen LogP contribution in [0.1, 0.15) is 11.1 Å². The molecule has 2 rings (SSSR count). The third-order valence-electron chi connectivity index (χ3n) is 2.92. The molecule has 110 valence electrons. The van der Waals surface area contributed by atoms with Crippen molar-refractivity contribution in [2.45, 2.75) is 13.8 Å². The normalized spacial score (nSPS) is 10.3. The Hall–Kier alpha value is -2.19. The van der Waals surface area contributed by atoms with Gasteiger partial charge >= 0.3 is 0 Å². The van der Waals surface area contributed by atoms with Gasteiger partial charge in [0.05, 0.1) is 17.1 Å². The van der Waals surface area contributed by atoms with Gasteiger partial charge in [-0.25, -0.2) is 10.8 Å². The van der Waals surface area contributed by atoms with Gasteiger partial charge in [0.2, 0.25) is 0 Å². The standard InChI is InChI=1S/C13H14BrN5O2/c1-7-3-9(14)4-8(2)13(7)17-11-5-10(19(20)21)6-12(16-11)18-15/h3-6H,15H2,1-2H3,(H2,16,17,18). The van der Waals surface area contributed by atoms with Gasteiger partial charge in [0.25, 0.3) is 5.69 Å². The number of nitro groups is 1. The molecule has 0 atom stereocenters. The number of hydrogen-bond acceptors (Lipinski definition) is 6. The van der Waals surface area contributed by atoms with E-state index >= 15 is 0 Å². The molecule has 0 fully saturated rings. The molecule has 1 heterocycles. The number of nitrogen functional groups attached to an aromatic ring is 1. The van der Waals surface area contributed by atoms with Crippen LogP contribution in [0.3, 0.4) is 0 Å². The lowest BCUT2D eigenvalue weighted by Crippen LogP contribution is -2.10. The molecular formula is C13H14BrN5O2. The van der Waals surface area contributed by atoms with Crippen LogP contribution in [0.25, 0.3) is 0 Å². The largest absolute Gasteiger partial charge is 0.340 e. The van der Waals surface area contributed by atoms with E-state index in [0.717, 1.165) is 21.3 Å². The topological polar surface area (TPSA) is 106 Å². The summed E-state index contributed by atoms with van der Waals surface area (Å²) >= 11 is 3.43. The molecule has 0 aliphatic heterocycles. The van der Waals surface area contributed by atoms with E-state index in [1.54, 1.807) is 0 Å². The average molecular weight is 352 g/mol. The van der Waals surface area contributed by atoms with E-state index in [1.165, 1.54) is 12.1 Å². The van der Waals surface area contributed by atoms with Gasteiger partial charge in [-0.05, 0) is 37.1 Å². The monoisotopic (exact) mass is 351 g/mol. The Morgan fingerprint density at radius 1 is 1.19 bits per heavy atom. The maximum atomic E-state index is 10.9. The predicted octanol–water partition coefficient (Wildman–Crippen LogP) is 3.40. The molecule has 2 aromatic rings. The second-order valence-electron chi connectivity index (χ2n) is 4.54. The Balaban J connectivity index is 2.44. The number of hydrazine groups is 1. The predicted molar refractivity (Wildman–Crippen MR) is 85.6 cm³/mol. The molecule has 8 heteroatoms. The summed E-state index contributed by atoms with van der Waals surface area (Å²) in [7, 11) is 0. The molecule has 4 N–H and O–H groups in total. The minimum atomic E-state index is -0.491. The first-order chi connectivity index (χ1) is 9.90. The summed E-state index contributed by atoms with van der Waals surface area (Å²) in [6, 6.07) is 6.54.